The van der Waals surface area contributed by atoms with Crippen molar-refractivity contribution in [2.75, 3.05) is 38.7 Å². The van der Waals surface area contributed by atoms with Crippen molar-refractivity contribution in [3.05, 3.63) is 23.2 Å². The molecule has 0 spiro atoms. The van der Waals surface area contributed by atoms with Gasteiger partial charge in [-0.2, -0.15) is 0 Å². The highest BCUT2D eigenvalue weighted by atomic mass is 127. The summed E-state index contributed by atoms with van der Waals surface area (Å²) in [4.78, 5) is 6.57. The molecule has 2 rings (SSSR count). The fourth-order valence-electron chi connectivity index (χ4n) is 2.64. The standard InChI is InChI=1S/C16H25ClN4O.HI/c1-4-8-19-16(18-2)20-13-7-9-21(11-13)14-10-12(17)5-6-15(14)22-3;/h5-6,10,13H,4,7-9,11H2,1-3H3,(H2,18,19,20);1H. The van der Waals surface area contributed by atoms with Crippen LogP contribution in [0.5, 0.6) is 5.75 Å². The van der Waals surface area contributed by atoms with Crippen LogP contribution in [0.15, 0.2) is 23.2 Å². The van der Waals surface area contributed by atoms with E-state index in [1.165, 1.54) is 0 Å². The Labute approximate surface area is 160 Å². The van der Waals surface area contributed by atoms with E-state index >= 15 is 0 Å². The first-order valence-corrected chi connectivity index (χ1v) is 8.11. The molecule has 0 aliphatic carbocycles. The first kappa shape index (κ1) is 20.2. The molecule has 0 radical (unpaired) electrons. The third-order valence-electron chi connectivity index (χ3n) is 3.78. The molecule has 1 saturated heterocycles. The summed E-state index contributed by atoms with van der Waals surface area (Å²) in [7, 11) is 3.49. The number of methoxy groups -OCH3 is 1. The van der Waals surface area contributed by atoms with Crippen molar-refractivity contribution >= 4 is 47.2 Å². The Morgan fingerprint density at radius 3 is 2.91 bits per heavy atom. The molecule has 0 aromatic heterocycles. The Balaban J connectivity index is 0.00000264. The summed E-state index contributed by atoms with van der Waals surface area (Å²) >= 11 is 6.13. The van der Waals surface area contributed by atoms with Gasteiger partial charge in [-0.15, -0.1) is 24.0 Å². The number of benzene rings is 1. The number of nitrogens with zero attached hydrogens (tertiary/aromatic N) is 2. The zero-order chi connectivity index (χ0) is 15.9. The average Bonchev–Trinajstić information content (AvgIpc) is 2.99. The predicted octanol–water partition coefficient (Wildman–Crippen LogP) is 3.12. The topological polar surface area (TPSA) is 48.9 Å². The van der Waals surface area contributed by atoms with Crippen LogP contribution in [0.1, 0.15) is 19.8 Å². The molecule has 1 aromatic rings. The summed E-state index contributed by atoms with van der Waals surface area (Å²) in [6, 6.07) is 6.10. The number of rotatable bonds is 5. The van der Waals surface area contributed by atoms with Gasteiger partial charge in [0.1, 0.15) is 5.75 Å². The molecule has 1 unspecified atom stereocenters. The Bertz CT molecular complexity index is 527. The van der Waals surface area contributed by atoms with Crippen molar-refractivity contribution in [1.82, 2.24) is 10.6 Å². The number of ether oxygens (including phenoxy) is 1. The SMILES string of the molecule is CCCNC(=NC)NC1CCN(c2cc(Cl)ccc2OC)C1.I. The van der Waals surface area contributed by atoms with E-state index < -0.39 is 0 Å². The maximum Gasteiger partial charge on any atom is 0.191 e. The summed E-state index contributed by atoms with van der Waals surface area (Å²) in [6.07, 6.45) is 2.14. The fourth-order valence-corrected chi connectivity index (χ4v) is 2.80. The van der Waals surface area contributed by atoms with Crippen LogP contribution in [0.2, 0.25) is 5.02 Å². The van der Waals surface area contributed by atoms with Gasteiger partial charge in [-0.3, -0.25) is 4.99 Å². The van der Waals surface area contributed by atoms with E-state index in [2.05, 4.69) is 27.4 Å². The minimum Gasteiger partial charge on any atom is -0.495 e. The maximum absolute atomic E-state index is 6.13. The molecule has 1 aliphatic heterocycles. The average molecular weight is 453 g/mol. The summed E-state index contributed by atoms with van der Waals surface area (Å²) in [5, 5.41) is 7.51. The number of anilines is 1. The molecule has 1 aromatic carbocycles. The van der Waals surface area contributed by atoms with Crippen LogP contribution in [0.25, 0.3) is 0 Å². The lowest BCUT2D eigenvalue weighted by Crippen LogP contribution is -2.44. The van der Waals surface area contributed by atoms with Crippen molar-refractivity contribution in [2.45, 2.75) is 25.8 Å². The molecule has 130 valence electrons. The molecule has 7 heteroatoms. The van der Waals surface area contributed by atoms with E-state index in [-0.39, 0.29) is 24.0 Å². The molecule has 5 nitrogen and oxygen atoms in total. The third kappa shape index (κ3) is 5.60. The molecule has 0 amide bonds. The first-order chi connectivity index (χ1) is 10.7. The number of guanidine groups is 1. The van der Waals surface area contributed by atoms with Gasteiger partial charge >= 0.3 is 0 Å². The largest absolute Gasteiger partial charge is 0.495 e. The summed E-state index contributed by atoms with van der Waals surface area (Å²) in [5.74, 6) is 1.73. The van der Waals surface area contributed by atoms with Crippen molar-refractivity contribution < 1.29 is 4.74 Å². The molecule has 0 saturated carbocycles. The Morgan fingerprint density at radius 1 is 1.48 bits per heavy atom. The fraction of sp³-hybridized carbons (Fsp3) is 0.562. The van der Waals surface area contributed by atoms with Crippen LogP contribution >= 0.6 is 35.6 Å². The zero-order valence-electron chi connectivity index (χ0n) is 13.9. The van der Waals surface area contributed by atoms with Crippen LogP contribution in [-0.2, 0) is 0 Å². The molecule has 1 heterocycles. The number of nitrogens with one attached hydrogen (secondary N) is 2. The van der Waals surface area contributed by atoms with Crippen molar-refractivity contribution in [3.63, 3.8) is 0 Å². The van der Waals surface area contributed by atoms with Crippen LogP contribution in [0, 0.1) is 0 Å². The quantitative estimate of drug-likeness (QED) is 0.409. The van der Waals surface area contributed by atoms with Gasteiger partial charge in [0.25, 0.3) is 0 Å². The van der Waals surface area contributed by atoms with Gasteiger partial charge in [0, 0.05) is 37.7 Å². The van der Waals surface area contributed by atoms with E-state index in [9.17, 15) is 0 Å². The summed E-state index contributed by atoms with van der Waals surface area (Å²) < 4.78 is 5.45. The Hall–Kier alpha value is -0.890. The molecular weight excluding hydrogens is 427 g/mol. The second-order valence-electron chi connectivity index (χ2n) is 5.39. The Kier molecular flexibility index (Phi) is 8.83. The Morgan fingerprint density at radius 2 is 2.26 bits per heavy atom. The lowest BCUT2D eigenvalue weighted by atomic mass is 10.2. The van der Waals surface area contributed by atoms with Gasteiger partial charge in [-0.05, 0) is 31.0 Å². The molecule has 1 fully saturated rings. The predicted molar refractivity (Wildman–Crippen MR) is 109 cm³/mol. The van der Waals surface area contributed by atoms with E-state index in [1.807, 2.05) is 18.2 Å². The van der Waals surface area contributed by atoms with E-state index in [0.717, 1.165) is 54.9 Å². The highest BCUT2D eigenvalue weighted by molar-refractivity contribution is 14.0. The molecule has 2 N–H and O–H groups in total. The molecule has 1 aliphatic rings. The van der Waals surface area contributed by atoms with E-state index in [0.29, 0.717) is 6.04 Å². The van der Waals surface area contributed by atoms with Gasteiger partial charge in [0.05, 0.1) is 12.8 Å². The van der Waals surface area contributed by atoms with Gasteiger partial charge in [0.15, 0.2) is 5.96 Å². The minimum atomic E-state index is 0. The normalized spacial score (nSPS) is 17.7. The number of halogens is 2. The second kappa shape index (κ2) is 10.1. The van der Waals surface area contributed by atoms with Crippen molar-refractivity contribution in [3.8, 4) is 5.75 Å². The van der Waals surface area contributed by atoms with Crippen LogP contribution < -0.4 is 20.3 Å². The lowest BCUT2D eigenvalue weighted by molar-refractivity contribution is 0.415. The monoisotopic (exact) mass is 452 g/mol. The van der Waals surface area contributed by atoms with Gasteiger partial charge in [0.2, 0.25) is 0 Å². The van der Waals surface area contributed by atoms with E-state index in [1.54, 1.807) is 14.2 Å². The first-order valence-electron chi connectivity index (χ1n) is 7.73. The van der Waals surface area contributed by atoms with Crippen LogP contribution in [0.3, 0.4) is 0 Å². The summed E-state index contributed by atoms with van der Waals surface area (Å²) in [5.41, 5.74) is 1.05. The molecular formula is C16H26ClIN4O. The van der Waals surface area contributed by atoms with Gasteiger partial charge in [-0.25, -0.2) is 0 Å². The van der Waals surface area contributed by atoms with Crippen LogP contribution in [-0.4, -0.2) is 45.8 Å². The molecule has 1 atom stereocenters. The zero-order valence-corrected chi connectivity index (χ0v) is 17.0. The highest BCUT2D eigenvalue weighted by Crippen LogP contribution is 2.33. The van der Waals surface area contributed by atoms with Gasteiger partial charge < -0.3 is 20.3 Å². The lowest BCUT2D eigenvalue weighted by Gasteiger charge is -2.22. The van der Waals surface area contributed by atoms with Crippen LogP contribution in [0.4, 0.5) is 5.69 Å². The van der Waals surface area contributed by atoms with Crippen molar-refractivity contribution in [1.29, 1.82) is 0 Å². The maximum atomic E-state index is 6.13. The third-order valence-corrected chi connectivity index (χ3v) is 4.01. The number of hydrogen-bond acceptors (Lipinski definition) is 3. The minimum absolute atomic E-state index is 0. The molecule has 0 bridgehead atoms. The smallest absolute Gasteiger partial charge is 0.191 e. The van der Waals surface area contributed by atoms with Crippen molar-refractivity contribution in [2.24, 2.45) is 4.99 Å². The molecule has 23 heavy (non-hydrogen) atoms. The highest BCUT2D eigenvalue weighted by Gasteiger charge is 2.25. The number of hydrogen-bond donors (Lipinski definition) is 2. The van der Waals surface area contributed by atoms with E-state index in [4.69, 9.17) is 16.3 Å². The van der Waals surface area contributed by atoms with Gasteiger partial charge in [-0.1, -0.05) is 18.5 Å². The summed E-state index contributed by atoms with van der Waals surface area (Å²) in [6.45, 7) is 4.95. The second-order valence-corrected chi connectivity index (χ2v) is 5.83. The number of aliphatic imine (C=N–C) groups is 1.